The first-order chi connectivity index (χ1) is 9.65. The van der Waals surface area contributed by atoms with E-state index in [1.165, 1.54) is 26.2 Å². The number of piperidine rings is 2. The summed E-state index contributed by atoms with van der Waals surface area (Å²) >= 11 is 0. The normalized spacial score (nSPS) is 27.1. The molecule has 5 nitrogen and oxygen atoms in total. The summed E-state index contributed by atoms with van der Waals surface area (Å²) in [7, 11) is 0. The highest BCUT2D eigenvalue weighted by Crippen LogP contribution is 2.15. The molecule has 2 N–H and O–H groups in total. The van der Waals surface area contributed by atoms with Gasteiger partial charge in [-0.3, -0.25) is 9.59 Å². The molecule has 2 amide bonds. The highest BCUT2D eigenvalue weighted by Gasteiger charge is 2.24. The van der Waals surface area contributed by atoms with Gasteiger partial charge in [-0.05, 0) is 38.6 Å². The predicted molar refractivity (Wildman–Crippen MR) is 78.3 cm³/mol. The predicted octanol–water partition coefficient (Wildman–Crippen LogP) is 1.04. The van der Waals surface area contributed by atoms with Crippen molar-refractivity contribution >= 4 is 11.8 Å². The topological polar surface area (TPSA) is 61.4 Å². The van der Waals surface area contributed by atoms with Gasteiger partial charge in [0, 0.05) is 38.5 Å². The number of likely N-dealkylation sites (tertiary alicyclic amines) is 1. The molecule has 0 aromatic rings. The van der Waals surface area contributed by atoms with Crippen LogP contribution in [0, 0.1) is 0 Å². The van der Waals surface area contributed by atoms with Crippen LogP contribution in [-0.4, -0.2) is 48.4 Å². The van der Waals surface area contributed by atoms with E-state index < -0.39 is 0 Å². The first-order valence-electron chi connectivity index (χ1n) is 7.93. The highest BCUT2D eigenvalue weighted by atomic mass is 16.2. The second-order valence-corrected chi connectivity index (χ2v) is 6.06. The molecule has 0 aromatic heterocycles. The van der Waals surface area contributed by atoms with Gasteiger partial charge in [-0.2, -0.15) is 0 Å². The Morgan fingerprint density at radius 2 is 2.10 bits per heavy atom. The Hall–Kier alpha value is -1.10. The van der Waals surface area contributed by atoms with E-state index in [0.717, 1.165) is 32.4 Å². The van der Waals surface area contributed by atoms with Crippen molar-refractivity contribution in [1.29, 1.82) is 0 Å². The minimum atomic E-state index is -0.00398. The molecule has 114 valence electrons. The smallest absolute Gasteiger partial charge is 0.222 e. The molecule has 0 saturated carbocycles. The van der Waals surface area contributed by atoms with E-state index in [0.29, 0.717) is 19.0 Å². The van der Waals surface area contributed by atoms with Crippen LogP contribution in [0.15, 0.2) is 0 Å². The minimum Gasteiger partial charge on any atom is -0.352 e. The third-order valence-corrected chi connectivity index (χ3v) is 4.30. The molecular weight excluding hydrogens is 254 g/mol. The zero-order valence-electron chi connectivity index (χ0n) is 12.5. The van der Waals surface area contributed by atoms with Crippen molar-refractivity contribution < 1.29 is 9.59 Å². The summed E-state index contributed by atoms with van der Waals surface area (Å²) in [5, 5.41) is 6.41. The number of amides is 2. The standard InChI is InChI=1S/C15H27N3O2/c1-12(19)17-14-6-4-10-18(11-14)15(20)8-7-13-5-2-3-9-16-13/h13-14,16H,2-11H2,1H3,(H,17,19). The van der Waals surface area contributed by atoms with Crippen LogP contribution >= 0.6 is 0 Å². The molecule has 5 heteroatoms. The SMILES string of the molecule is CC(=O)NC1CCCN(C(=O)CCC2CCCCN2)C1. The third kappa shape index (κ3) is 4.78. The number of rotatable bonds is 4. The Morgan fingerprint density at radius 1 is 1.25 bits per heavy atom. The van der Waals surface area contributed by atoms with Crippen LogP contribution in [0.5, 0.6) is 0 Å². The fraction of sp³-hybridized carbons (Fsp3) is 0.867. The Morgan fingerprint density at radius 3 is 2.80 bits per heavy atom. The van der Waals surface area contributed by atoms with Gasteiger partial charge in [-0.15, -0.1) is 0 Å². The van der Waals surface area contributed by atoms with Crippen LogP contribution in [0.25, 0.3) is 0 Å². The lowest BCUT2D eigenvalue weighted by atomic mass is 9.99. The molecule has 0 aliphatic carbocycles. The molecule has 2 aliphatic heterocycles. The van der Waals surface area contributed by atoms with Crippen LogP contribution in [0.3, 0.4) is 0 Å². The monoisotopic (exact) mass is 281 g/mol. The van der Waals surface area contributed by atoms with Gasteiger partial charge in [0.25, 0.3) is 0 Å². The number of nitrogens with zero attached hydrogens (tertiary/aromatic N) is 1. The summed E-state index contributed by atoms with van der Waals surface area (Å²) in [6, 6.07) is 0.654. The number of carbonyl (C=O) groups excluding carboxylic acids is 2. The third-order valence-electron chi connectivity index (χ3n) is 4.30. The Balaban J connectivity index is 1.72. The molecule has 2 atom stereocenters. The van der Waals surface area contributed by atoms with E-state index in [-0.39, 0.29) is 17.9 Å². The molecule has 0 bridgehead atoms. The molecule has 20 heavy (non-hydrogen) atoms. The van der Waals surface area contributed by atoms with Crippen LogP contribution in [-0.2, 0) is 9.59 Å². The summed E-state index contributed by atoms with van der Waals surface area (Å²) < 4.78 is 0. The lowest BCUT2D eigenvalue weighted by Gasteiger charge is -2.33. The first-order valence-corrected chi connectivity index (χ1v) is 7.93. The summed E-state index contributed by atoms with van der Waals surface area (Å²) in [4.78, 5) is 25.3. The van der Waals surface area contributed by atoms with E-state index in [9.17, 15) is 9.59 Å². The van der Waals surface area contributed by atoms with Gasteiger partial charge in [0.1, 0.15) is 0 Å². The molecular formula is C15H27N3O2. The molecule has 2 fully saturated rings. The van der Waals surface area contributed by atoms with Crippen molar-refractivity contribution in [1.82, 2.24) is 15.5 Å². The average molecular weight is 281 g/mol. The van der Waals surface area contributed by atoms with Gasteiger partial charge in [-0.25, -0.2) is 0 Å². The van der Waals surface area contributed by atoms with E-state index in [2.05, 4.69) is 10.6 Å². The maximum atomic E-state index is 12.3. The molecule has 2 unspecified atom stereocenters. The molecule has 2 aliphatic rings. The van der Waals surface area contributed by atoms with Gasteiger partial charge in [-0.1, -0.05) is 6.42 Å². The highest BCUT2D eigenvalue weighted by molar-refractivity contribution is 5.77. The van der Waals surface area contributed by atoms with Gasteiger partial charge in [0.05, 0.1) is 0 Å². The van der Waals surface area contributed by atoms with Gasteiger partial charge < -0.3 is 15.5 Å². The summed E-state index contributed by atoms with van der Waals surface area (Å²) in [6.45, 7) is 4.15. The lowest BCUT2D eigenvalue weighted by Crippen LogP contribution is -2.49. The van der Waals surface area contributed by atoms with Gasteiger partial charge >= 0.3 is 0 Å². The fourth-order valence-electron chi connectivity index (χ4n) is 3.24. The van der Waals surface area contributed by atoms with Gasteiger partial charge in [0.2, 0.25) is 11.8 Å². The molecule has 2 rings (SSSR count). The van der Waals surface area contributed by atoms with Crippen molar-refractivity contribution in [3.05, 3.63) is 0 Å². The number of carbonyl (C=O) groups is 2. The van der Waals surface area contributed by atoms with E-state index in [4.69, 9.17) is 0 Å². The van der Waals surface area contributed by atoms with E-state index >= 15 is 0 Å². The van der Waals surface area contributed by atoms with Crippen LogP contribution in [0.2, 0.25) is 0 Å². The summed E-state index contributed by atoms with van der Waals surface area (Å²) in [6.07, 6.45) is 7.27. The second kappa shape index (κ2) is 7.62. The number of hydrogen-bond acceptors (Lipinski definition) is 3. The largest absolute Gasteiger partial charge is 0.352 e. The minimum absolute atomic E-state index is 0.00398. The quantitative estimate of drug-likeness (QED) is 0.809. The Kier molecular flexibility index (Phi) is 5.83. The second-order valence-electron chi connectivity index (χ2n) is 6.06. The number of hydrogen-bond donors (Lipinski definition) is 2. The first kappa shape index (κ1) is 15.3. The summed E-state index contributed by atoms with van der Waals surface area (Å²) in [5.74, 6) is 0.239. The van der Waals surface area contributed by atoms with E-state index in [1.807, 2.05) is 4.90 Å². The molecule has 0 spiro atoms. The zero-order chi connectivity index (χ0) is 14.4. The van der Waals surface area contributed by atoms with Crippen molar-refractivity contribution in [3.63, 3.8) is 0 Å². The molecule has 0 radical (unpaired) electrons. The average Bonchev–Trinajstić information content (AvgIpc) is 2.45. The Labute approximate surface area is 121 Å². The zero-order valence-corrected chi connectivity index (χ0v) is 12.5. The Bertz CT molecular complexity index is 340. The molecule has 0 aromatic carbocycles. The number of nitrogens with one attached hydrogen (secondary N) is 2. The van der Waals surface area contributed by atoms with Crippen LogP contribution in [0.4, 0.5) is 0 Å². The van der Waals surface area contributed by atoms with Crippen LogP contribution < -0.4 is 10.6 Å². The molecule has 2 heterocycles. The maximum Gasteiger partial charge on any atom is 0.222 e. The van der Waals surface area contributed by atoms with E-state index in [1.54, 1.807) is 0 Å². The molecule has 2 saturated heterocycles. The summed E-state index contributed by atoms with van der Waals surface area (Å²) in [5.41, 5.74) is 0. The van der Waals surface area contributed by atoms with Crippen LogP contribution in [0.1, 0.15) is 51.9 Å². The maximum absolute atomic E-state index is 12.3. The van der Waals surface area contributed by atoms with Crippen molar-refractivity contribution in [3.8, 4) is 0 Å². The van der Waals surface area contributed by atoms with Gasteiger partial charge in [0.15, 0.2) is 0 Å². The van der Waals surface area contributed by atoms with Crippen molar-refractivity contribution in [2.24, 2.45) is 0 Å². The lowest BCUT2D eigenvalue weighted by molar-refractivity contribution is -0.133. The van der Waals surface area contributed by atoms with Crippen molar-refractivity contribution in [2.45, 2.75) is 64.0 Å². The fourth-order valence-corrected chi connectivity index (χ4v) is 3.24. The van der Waals surface area contributed by atoms with Crippen molar-refractivity contribution in [2.75, 3.05) is 19.6 Å².